The van der Waals surface area contributed by atoms with E-state index in [1.165, 1.54) is 18.4 Å². The van der Waals surface area contributed by atoms with Gasteiger partial charge in [-0.3, -0.25) is 4.90 Å². The van der Waals surface area contributed by atoms with Crippen LogP contribution in [-0.2, 0) is 17.8 Å². The largest absolute Gasteiger partial charge is 0.379 e. The maximum absolute atomic E-state index is 5.59. The highest BCUT2D eigenvalue weighted by Gasteiger charge is 2.27. The van der Waals surface area contributed by atoms with E-state index in [1.807, 2.05) is 18.5 Å². The lowest BCUT2D eigenvalue weighted by atomic mass is 9.92. The number of nitrogens with zero attached hydrogens (tertiary/aromatic N) is 4. The number of ether oxygens (including phenoxy) is 1. The second kappa shape index (κ2) is 13.2. The first kappa shape index (κ1) is 24.3. The molecule has 2 aromatic rings. The van der Waals surface area contributed by atoms with Crippen molar-refractivity contribution in [3.05, 3.63) is 54.1 Å². The predicted molar refractivity (Wildman–Crippen MR) is 131 cm³/mol. The van der Waals surface area contributed by atoms with E-state index in [0.29, 0.717) is 18.5 Å². The van der Waals surface area contributed by atoms with Crippen LogP contribution in [0.2, 0.25) is 0 Å². The maximum Gasteiger partial charge on any atom is 0.191 e. The van der Waals surface area contributed by atoms with Gasteiger partial charge in [-0.2, -0.15) is 0 Å². The fraction of sp³-hybridized carbons (Fsp3) is 0.600. The molecular formula is C25H40N6O. The first-order chi connectivity index (χ1) is 15.7. The molecular weight excluding hydrogens is 400 g/mol. The average Bonchev–Trinajstić information content (AvgIpc) is 3.28. The highest BCUT2D eigenvalue weighted by molar-refractivity contribution is 5.79. The van der Waals surface area contributed by atoms with Crippen molar-refractivity contribution in [1.82, 2.24) is 25.1 Å². The third-order valence-corrected chi connectivity index (χ3v) is 6.31. The van der Waals surface area contributed by atoms with Gasteiger partial charge in [0.25, 0.3) is 0 Å². The summed E-state index contributed by atoms with van der Waals surface area (Å²) in [7, 11) is 0. The summed E-state index contributed by atoms with van der Waals surface area (Å²) in [6.45, 7) is 13.4. The van der Waals surface area contributed by atoms with E-state index in [2.05, 4.69) is 70.1 Å². The minimum Gasteiger partial charge on any atom is -0.379 e. The molecule has 7 heteroatoms. The van der Waals surface area contributed by atoms with Crippen LogP contribution in [0.25, 0.3) is 0 Å². The number of aliphatic imine (C=N–C) groups is 1. The number of imidazole rings is 1. The Balaban J connectivity index is 1.64. The smallest absolute Gasteiger partial charge is 0.191 e. The molecule has 1 unspecified atom stereocenters. The van der Waals surface area contributed by atoms with Crippen LogP contribution >= 0.6 is 0 Å². The Kier molecular flexibility index (Phi) is 10.0. The number of benzene rings is 1. The van der Waals surface area contributed by atoms with Crippen molar-refractivity contribution in [3.63, 3.8) is 0 Å². The minimum atomic E-state index is 0.484. The Morgan fingerprint density at radius 1 is 1.09 bits per heavy atom. The molecule has 7 nitrogen and oxygen atoms in total. The molecule has 1 fully saturated rings. The molecule has 1 atom stereocenters. The lowest BCUT2D eigenvalue weighted by Crippen LogP contribution is -2.53. The molecule has 1 saturated heterocycles. The van der Waals surface area contributed by atoms with Crippen LogP contribution in [0, 0.1) is 5.92 Å². The summed E-state index contributed by atoms with van der Waals surface area (Å²) in [6.07, 6.45) is 6.26. The van der Waals surface area contributed by atoms with Gasteiger partial charge >= 0.3 is 0 Å². The van der Waals surface area contributed by atoms with Gasteiger partial charge in [-0.05, 0) is 18.4 Å². The van der Waals surface area contributed by atoms with Gasteiger partial charge in [0.2, 0.25) is 0 Å². The predicted octanol–water partition coefficient (Wildman–Crippen LogP) is 3.12. The average molecular weight is 441 g/mol. The van der Waals surface area contributed by atoms with Crippen molar-refractivity contribution in [3.8, 4) is 0 Å². The maximum atomic E-state index is 5.59. The molecule has 32 heavy (non-hydrogen) atoms. The van der Waals surface area contributed by atoms with Crippen molar-refractivity contribution in [2.45, 2.75) is 52.7 Å². The van der Waals surface area contributed by atoms with E-state index in [1.54, 1.807) is 0 Å². The number of aromatic nitrogens is 2. The number of rotatable bonds is 11. The lowest BCUT2D eigenvalue weighted by Gasteiger charge is -2.39. The fourth-order valence-electron chi connectivity index (χ4n) is 4.44. The zero-order valence-corrected chi connectivity index (χ0v) is 20.0. The van der Waals surface area contributed by atoms with Gasteiger partial charge in [0.15, 0.2) is 5.96 Å². The van der Waals surface area contributed by atoms with Crippen LogP contribution in [-0.4, -0.2) is 65.8 Å². The summed E-state index contributed by atoms with van der Waals surface area (Å²) in [4.78, 5) is 12.0. The molecule has 1 aliphatic rings. The molecule has 176 valence electrons. The van der Waals surface area contributed by atoms with Crippen LogP contribution in [0.15, 0.2) is 47.7 Å². The van der Waals surface area contributed by atoms with Gasteiger partial charge in [-0.25, -0.2) is 9.98 Å². The van der Waals surface area contributed by atoms with E-state index >= 15 is 0 Å². The molecule has 1 aliphatic heterocycles. The standard InChI is InChI=1S/C25H40N6O/c1-4-22(5-2)23(30-14-16-32-17-15-30)18-28-25(26-6-3)29-19-24-27-12-13-31(24)20-21-10-8-7-9-11-21/h7-13,22-23H,4-6,14-20H2,1-3H3,(H2,26,28,29). The van der Waals surface area contributed by atoms with Gasteiger partial charge in [0.05, 0.1) is 13.2 Å². The third-order valence-electron chi connectivity index (χ3n) is 6.31. The SMILES string of the molecule is CCNC(=NCc1nccn1Cc1ccccc1)NCC(C(CC)CC)N1CCOCC1. The first-order valence-corrected chi connectivity index (χ1v) is 12.1. The van der Waals surface area contributed by atoms with Crippen LogP contribution in [0.3, 0.4) is 0 Å². The van der Waals surface area contributed by atoms with Crippen molar-refractivity contribution in [2.75, 3.05) is 39.4 Å². The molecule has 0 aliphatic carbocycles. The molecule has 2 N–H and O–H groups in total. The molecule has 0 saturated carbocycles. The van der Waals surface area contributed by atoms with Crippen LogP contribution < -0.4 is 10.6 Å². The zero-order chi connectivity index (χ0) is 22.6. The second-order valence-corrected chi connectivity index (χ2v) is 8.33. The topological polar surface area (TPSA) is 66.7 Å². The van der Waals surface area contributed by atoms with Crippen LogP contribution in [0.5, 0.6) is 0 Å². The summed E-state index contributed by atoms with van der Waals surface area (Å²) in [6, 6.07) is 11.0. The summed E-state index contributed by atoms with van der Waals surface area (Å²) >= 11 is 0. The Bertz CT molecular complexity index is 796. The zero-order valence-electron chi connectivity index (χ0n) is 20.0. The lowest BCUT2D eigenvalue weighted by molar-refractivity contribution is 0.00272. The minimum absolute atomic E-state index is 0.484. The van der Waals surface area contributed by atoms with Gasteiger partial charge < -0.3 is 19.9 Å². The van der Waals surface area contributed by atoms with Gasteiger partial charge in [0, 0.05) is 51.2 Å². The number of guanidine groups is 1. The van der Waals surface area contributed by atoms with Crippen LogP contribution in [0.4, 0.5) is 0 Å². The summed E-state index contributed by atoms with van der Waals surface area (Å²) in [5, 5.41) is 7.02. The Labute approximate surface area is 193 Å². The van der Waals surface area contributed by atoms with Crippen molar-refractivity contribution >= 4 is 5.96 Å². The second-order valence-electron chi connectivity index (χ2n) is 8.33. The van der Waals surface area contributed by atoms with Crippen LogP contribution in [0.1, 0.15) is 45.0 Å². The number of hydrogen-bond donors (Lipinski definition) is 2. The molecule has 0 spiro atoms. The highest BCUT2D eigenvalue weighted by Crippen LogP contribution is 2.19. The Hall–Kier alpha value is -2.38. The third kappa shape index (κ3) is 7.07. The fourth-order valence-corrected chi connectivity index (χ4v) is 4.44. The van der Waals surface area contributed by atoms with E-state index in [9.17, 15) is 0 Å². The summed E-state index contributed by atoms with van der Waals surface area (Å²) < 4.78 is 7.76. The molecule has 0 radical (unpaired) electrons. The molecule has 1 aromatic carbocycles. The quantitative estimate of drug-likeness (QED) is 0.415. The summed E-state index contributed by atoms with van der Waals surface area (Å²) in [5.41, 5.74) is 1.26. The van der Waals surface area contributed by atoms with E-state index in [-0.39, 0.29) is 0 Å². The number of hydrogen-bond acceptors (Lipinski definition) is 4. The Morgan fingerprint density at radius 3 is 2.53 bits per heavy atom. The Morgan fingerprint density at radius 2 is 1.84 bits per heavy atom. The number of morpholine rings is 1. The van der Waals surface area contributed by atoms with E-state index in [4.69, 9.17) is 9.73 Å². The molecule has 0 amide bonds. The van der Waals surface area contributed by atoms with Gasteiger partial charge in [-0.15, -0.1) is 0 Å². The number of nitrogens with one attached hydrogen (secondary N) is 2. The van der Waals surface area contributed by atoms with Crippen molar-refractivity contribution < 1.29 is 4.74 Å². The molecule has 2 heterocycles. The summed E-state index contributed by atoms with van der Waals surface area (Å²) in [5.74, 6) is 2.48. The van der Waals surface area contributed by atoms with Crippen molar-refractivity contribution in [1.29, 1.82) is 0 Å². The molecule has 0 bridgehead atoms. The molecule has 3 rings (SSSR count). The van der Waals surface area contributed by atoms with Gasteiger partial charge in [0.1, 0.15) is 12.4 Å². The van der Waals surface area contributed by atoms with Gasteiger partial charge in [-0.1, -0.05) is 57.0 Å². The highest BCUT2D eigenvalue weighted by atomic mass is 16.5. The van der Waals surface area contributed by atoms with E-state index < -0.39 is 0 Å². The molecule has 1 aromatic heterocycles. The first-order valence-electron chi connectivity index (χ1n) is 12.1. The van der Waals surface area contributed by atoms with E-state index in [0.717, 1.165) is 57.7 Å². The monoisotopic (exact) mass is 440 g/mol. The normalized spacial score (nSPS) is 16.3. The van der Waals surface area contributed by atoms with Crippen molar-refractivity contribution in [2.24, 2.45) is 10.9 Å².